The van der Waals surface area contributed by atoms with Crippen molar-refractivity contribution in [3.8, 4) is 0 Å². The van der Waals surface area contributed by atoms with Gasteiger partial charge in [0.25, 0.3) is 0 Å². The predicted octanol–water partition coefficient (Wildman–Crippen LogP) is 2.70. The van der Waals surface area contributed by atoms with Gasteiger partial charge in [-0.25, -0.2) is 13.2 Å². The van der Waals surface area contributed by atoms with Gasteiger partial charge in [-0.1, -0.05) is 11.6 Å². The van der Waals surface area contributed by atoms with Crippen LogP contribution < -0.4 is 4.31 Å². The van der Waals surface area contributed by atoms with E-state index < -0.39 is 16.0 Å². The van der Waals surface area contributed by atoms with Crippen molar-refractivity contribution in [1.29, 1.82) is 0 Å². The van der Waals surface area contributed by atoms with Crippen LogP contribution in [-0.2, 0) is 21.2 Å². The first kappa shape index (κ1) is 18.4. The molecule has 1 heterocycles. The van der Waals surface area contributed by atoms with Gasteiger partial charge in [0.1, 0.15) is 0 Å². The van der Waals surface area contributed by atoms with Crippen LogP contribution in [0.3, 0.4) is 0 Å². The van der Waals surface area contributed by atoms with Gasteiger partial charge >= 0.3 is 5.97 Å². The maximum absolute atomic E-state index is 12.2. The lowest BCUT2D eigenvalue weighted by Gasteiger charge is -2.16. The number of nitrogens with zero attached hydrogens (tertiary/aromatic N) is 1. The van der Waals surface area contributed by atoms with Crippen LogP contribution in [-0.4, -0.2) is 39.6 Å². The Balaban J connectivity index is 1.68. The van der Waals surface area contributed by atoms with Crippen molar-refractivity contribution in [2.75, 3.05) is 23.7 Å². The second kappa shape index (κ2) is 7.09. The molecule has 0 fully saturated rings. The predicted molar refractivity (Wildman–Crippen MR) is 98.4 cm³/mol. The summed E-state index contributed by atoms with van der Waals surface area (Å²) in [5.41, 5.74) is 2.01. The molecule has 2 aromatic rings. The van der Waals surface area contributed by atoms with Gasteiger partial charge in [-0.2, -0.15) is 0 Å². The molecular weight excluding hydrogens is 378 g/mol. The SMILES string of the molecule is CS(=O)(=O)N1CCc2cc(C(=O)OCC(=O)c3ccc(Cl)cc3)ccc21. The van der Waals surface area contributed by atoms with Crippen LogP contribution in [0.25, 0.3) is 0 Å². The van der Waals surface area contributed by atoms with Gasteiger partial charge in [-0.15, -0.1) is 0 Å². The summed E-state index contributed by atoms with van der Waals surface area (Å²) >= 11 is 5.77. The second-order valence-electron chi connectivity index (χ2n) is 5.93. The van der Waals surface area contributed by atoms with Gasteiger partial charge in [0.2, 0.25) is 10.0 Å². The first-order valence-electron chi connectivity index (χ1n) is 7.82. The molecule has 0 aromatic heterocycles. The Kier molecular flexibility index (Phi) is 5.02. The quantitative estimate of drug-likeness (QED) is 0.576. The summed E-state index contributed by atoms with van der Waals surface area (Å²) in [6.45, 7) is -0.0330. The number of hydrogen-bond acceptors (Lipinski definition) is 5. The summed E-state index contributed by atoms with van der Waals surface area (Å²) in [4.78, 5) is 24.2. The third kappa shape index (κ3) is 3.89. The summed E-state index contributed by atoms with van der Waals surface area (Å²) in [5, 5.41) is 0.514. The zero-order chi connectivity index (χ0) is 18.9. The highest BCUT2D eigenvalue weighted by Gasteiger charge is 2.27. The fourth-order valence-electron chi connectivity index (χ4n) is 2.78. The summed E-state index contributed by atoms with van der Waals surface area (Å²) < 4.78 is 29.9. The second-order valence-corrected chi connectivity index (χ2v) is 8.28. The van der Waals surface area contributed by atoms with E-state index in [9.17, 15) is 18.0 Å². The number of carbonyl (C=O) groups excluding carboxylic acids is 2. The minimum Gasteiger partial charge on any atom is -0.454 e. The Hall–Kier alpha value is -2.38. The number of ketones is 1. The van der Waals surface area contributed by atoms with Gasteiger partial charge in [-0.05, 0) is 54.4 Å². The van der Waals surface area contributed by atoms with Gasteiger partial charge in [-0.3, -0.25) is 9.10 Å². The molecule has 0 radical (unpaired) electrons. The number of benzene rings is 2. The van der Waals surface area contributed by atoms with Gasteiger partial charge in [0.15, 0.2) is 12.4 Å². The van der Waals surface area contributed by atoms with Crippen LogP contribution >= 0.6 is 11.6 Å². The van der Waals surface area contributed by atoms with Crippen LogP contribution in [0.15, 0.2) is 42.5 Å². The van der Waals surface area contributed by atoms with E-state index in [1.54, 1.807) is 36.4 Å². The lowest BCUT2D eigenvalue weighted by Crippen LogP contribution is -2.27. The van der Waals surface area contributed by atoms with E-state index in [0.29, 0.717) is 29.2 Å². The Morgan fingerprint density at radius 1 is 1.12 bits per heavy atom. The number of esters is 1. The highest BCUT2D eigenvalue weighted by molar-refractivity contribution is 7.92. The molecule has 8 heteroatoms. The molecule has 1 aliphatic rings. The number of rotatable bonds is 5. The van der Waals surface area contributed by atoms with Crippen molar-refractivity contribution >= 4 is 39.1 Å². The summed E-state index contributed by atoms with van der Waals surface area (Å²) in [6, 6.07) is 11.0. The van der Waals surface area contributed by atoms with Gasteiger partial charge < -0.3 is 4.74 Å². The Morgan fingerprint density at radius 3 is 2.42 bits per heavy atom. The fraction of sp³-hybridized carbons (Fsp3) is 0.222. The minimum atomic E-state index is -3.34. The van der Waals surface area contributed by atoms with E-state index in [1.807, 2.05) is 0 Å². The van der Waals surface area contributed by atoms with Crippen molar-refractivity contribution in [1.82, 2.24) is 0 Å². The number of sulfonamides is 1. The van der Waals surface area contributed by atoms with Crippen molar-refractivity contribution in [3.05, 3.63) is 64.2 Å². The lowest BCUT2D eigenvalue weighted by atomic mass is 10.1. The Morgan fingerprint density at radius 2 is 1.77 bits per heavy atom. The van der Waals surface area contributed by atoms with Crippen molar-refractivity contribution in [2.45, 2.75) is 6.42 Å². The number of ether oxygens (including phenoxy) is 1. The Labute approximate surface area is 156 Å². The molecule has 0 saturated carbocycles. The number of hydrogen-bond donors (Lipinski definition) is 0. The lowest BCUT2D eigenvalue weighted by molar-refractivity contribution is 0.0474. The van der Waals surface area contributed by atoms with Crippen LogP contribution in [0.1, 0.15) is 26.3 Å². The summed E-state index contributed by atoms with van der Waals surface area (Å²) in [7, 11) is -3.34. The average molecular weight is 394 g/mol. The van der Waals surface area contributed by atoms with Crippen molar-refractivity contribution in [3.63, 3.8) is 0 Å². The molecule has 0 amide bonds. The zero-order valence-corrected chi connectivity index (χ0v) is 15.5. The molecule has 0 spiro atoms. The van der Waals surface area contributed by atoms with Crippen LogP contribution in [0.2, 0.25) is 5.02 Å². The van der Waals surface area contributed by atoms with Gasteiger partial charge in [0.05, 0.1) is 17.5 Å². The number of carbonyl (C=O) groups is 2. The van der Waals surface area contributed by atoms with Crippen molar-refractivity contribution < 1.29 is 22.7 Å². The molecule has 136 valence electrons. The number of fused-ring (bicyclic) bond motifs is 1. The average Bonchev–Trinajstić information content (AvgIpc) is 3.03. The smallest absolute Gasteiger partial charge is 0.338 e. The number of anilines is 1. The van der Waals surface area contributed by atoms with Crippen molar-refractivity contribution in [2.24, 2.45) is 0 Å². The van der Waals surface area contributed by atoms with E-state index >= 15 is 0 Å². The van der Waals surface area contributed by atoms with E-state index in [2.05, 4.69) is 0 Å². The molecule has 6 nitrogen and oxygen atoms in total. The topological polar surface area (TPSA) is 80.8 Å². The highest BCUT2D eigenvalue weighted by Crippen LogP contribution is 2.30. The summed E-state index contributed by atoms with van der Waals surface area (Å²) in [5.74, 6) is -0.965. The molecule has 0 unspecified atom stereocenters. The fourth-order valence-corrected chi connectivity index (χ4v) is 3.86. The third-order valence-corrected chi connectivity index (χ3v) is 5.50. The molecule has 0 saturated heterocycles. The maximum Gasteiger partial charge on any atom is 0.338 e. The molecule has 0 bridgehead atoms. The van der Waals surface area contributed by atoms with Gasteiger partial charge in [0, 0.05) is 17.1 Å². The van der Waals surface area contributed by atoms with E-state index in [1.165, 1.54) is 10.4 Å². The largest absolute Gasteiger partial charge is 0.454 e. The molecular formula is C18H16ClNO5S. The Bertz CT molecular complexity index is 970. The first-order chi connectivity index (χ1) is 12.3. The first-order valence-corrected chi connectivity index (χ1v) is 10.0. The molecule has 0 aliphatic carbocycles. The molecule has 2 aromatic carbocycles. The van der Waals surface area contributed by atoms with E-state index in [-0.39, 0.29) is 18.0 Å². The number of Topliss-reactive ketones (excluding diaryl/α,β-unsaturated/α-hetero) is 1. The third-order valence-electron chi connectivity index (χ3n) is 4.07. The molecule has 1 aliphatic heterocycles. The maximum atomic E-state index is 12.2. The molecule has 0 atom stereocenters. The van der Waals surface area contributed by atoms with E-state index in [0.717, 1.165) is 11.8 Å². The number of halogens is 1. The highest BCUT2D eigenvalue weighted by atomic mass is 35.5. The van der Waals surface area contributed by atoms with Crippen LogP contribution in [0.5, 0.6) is 0 Å². The summed E-state index contributed by atoms with van der Waals surface area (Å²) in [6.07, 6.45) is 1.67. The monoisotopic (exact) mass is 393 g/mol. The molecule has 3 rings (SSSR count). The molecule has 26 heavy (non-hydrogen) atoms. The normalized spacial score (nSPS) is 13.4. The molecule has 0 N–H and O–H groups in total. The zero-order valence-electron chi connectivity index (χ0n) is 13.9. The minimum absolute atomic E-state index is 0.281. The van der Waals surface area contributed by atoms with Crippen LogP contribution in [0.4, 0.5) is 5.69 Å². The van der Waals surface area contributed by atoms with E-state index in [4.69, 9.17) is 16.3 Å². The standard InChI is InChI=1S/C18H16ClNO5S/c1-26(23,24)20-9-8-13-10-14(4-7-16(13)20)18(22)25-11-17(21)12-2-5-15(19)6-3-12/h2-7,10H,8-9,11H2,1H3. The van der Waals surface area contributed by atoms with Crippen LogP contribution in [0, 0.1) is 0 Å².